The lowest BCUT2D eigenvalue weighted by molar-refractivity contribution is -0.120. The molecular weight excluding hydrogens is 311 g/mol. The van der Waals surface area contributed by atoms with E-state index in [1.165, 1.54) is 36.9 Å². The van der Waals surface area contributed by atoms with E-state index >= 15 is 0 Å². The van der Waals surface area contributed by atoms with Gasteiger partial charge in [-0.1, -0.05) is 6.07 Å². The Morgan fingerprint density at radius 1 is 1.04 bits per heavy atom. The highest BCUT2D eigenvalue weighted by atomic mass is 19.1. The van der Waals surface area contributed by atoms with Gasteiger partial charge in [0.25, 0.3) is 0 Å². The molecule has 0 saturated heterocycles. The molecule has 124 valence electrons. The lowest BCUT2D eigenvalue weighted by Gasteiger charge is -2.20. The first-order valence-corrected chi connectivity index (χ1v) is 7.31. The van der Waals surface area contributed by atoms with Crippen molar-refractivity contribution < 1.29 is 18.8 Å². The smallest absolute Gasteiger partial charge is 0.244 e. The SMILES string of the molecule is CC(=O)c1ccc(NC(=O)CN(C(C)=O)c2cccc(F)c2)cc1. The zero-order valence-electron chi connectivity index (χ0n) is 13.4. The van der Waals surface area contributed by atoms with Crippen LogP contribution >= 0.6 is 0 Å². The Morgan fingerprint density at radius 2 is 1.71 bits per heavy atom. The van der Waals surface area contributed by atoms with Crippen molar-refractivity contribution in [3.05, 3.63) is 59.9 Å². The number of ketones is 1. The zero-order valence-corrected chi connectivity index (χ0v) is 13.4. The van der Waals surface area contributed by atoms with E-state index in [9.17, 15) is 18.8 Å². The average Bonchev–Trinajstić information content (AvgIpc) is 2.52. The molecule has 0 fully saturated rings. The largest absolute Gasteiger partial charge is 0.325 e. The second-order valence-corrected chi connectivity index (χ2v) is 5.27. The number of amides is 2. The second kappa shape index (κ2) is 7.50. The van der Waals surface area contributed by atoms with E-state index in [1.807, 2.05) is 0 Å². The number of nitrogens with zero attached hydrogens (tertiary/aromatic N) is 1. The molecule has 0 aliphatic heterocycles. The minimum atomic E-state index is -0.487. The molecule has 6 heteroatoms. The number of hydrogen-bond acceptors (Lipinski definition) is 3. The van der Waals surface area contributed by atoms with Crippen molar-refractivity contribution in [2.75, 3.05) is 16.8 Å². The van der Waals surface area contributed by atoms with Crippen LogP contribution in [0.1, 0.15) is 24.2 Å². The van der Waals surface area contributed by atoms with E-state index in [-0.39, 0.29) is 18.2 Å². The highest BCUT2D eigenvalue weighted by Gasteiger charge is 2.16. The number of rotatable bonds is 5. The van der Waals surface area contributed by atoms with Gasteiger partial charge < -0.3 is 10.2 Å². The van der Waals surface area contributed by atoms with Gasteiger partial charge in [0.05, 0.1) is 0 Å². The van der Waals surface area contributed by atoms with Gasteiger partial charge in [0.15, 0.2) is 5.78 Å². The molecule has 2 rings (SSSR count). The molecule has 0 aliphatic rings. The molecule has 0 aromatic heterocycles. The van der Waals surface area contributed by atoms with E-state index in [1.54, 1.807) is 30.3 Å². The van der Waals surface area contributed by atoms with Crippen LogP contribution in [0.4, 0.5) is 15.8 Å². The number of carbonyl (C=O) groups excluding carboxylic acids is 3. The van der Waals surface area contributed by atoms with Crippen LogP contribution in [0.5, 0.6) is 0 Å². The van der Waals surface area contributed by atoms with E-state index < -0.39 is 11.7 Å². The summed E-state index contributed by atoms with van der Waals surface area (Å²) in [5, 5.41) is 2.64. The molecule has 0 radical (unpaired) electrons. The highest BCUT2D eigenvalue weighted by molar-refractivity contribution is 6.02. The lowest BCUT2D eigenvalue weighted by atomic mass is 10.1. The molecule has 24 heavy (non-hydrogen) atoms. The summed E-state index contributed by atoms with van der Waals surface area (Å²) in [5.41, 5.74) is 1.36. The minimum Gasteiger partial charge on any atom is -0.325 e. The fourth-order valence-corrected chi connectivity index (χ4v) is 2.16. The van der Waals surface area contributed by atoms with E-state index in [0.717, 1.165) is 0 Å². The third-order valence-corrected chi connectivity index (χ3v) is 3.38. The fourth-order valence-electron chi connectivity index (χ4n) is 2.16. The van der Waals surface area contributed by atoms with Crippen molar-refractivity contribution in [1.29, 1.82) is 0 Å². The number of carbonyl (C=O) groups is 3. The van der Waals surface area contributed by atoms with Gasteiger partial charge in [0, 0.05) is 23.9 Å². The first-order chi connectivity index (χ1) is 11.4. The first kappa shape index (κ1) is 17.3. The standard InChI is InChI=1S/C18H17FN2O3/c1-12(22)14-6-8-16(9-7-14)20-18(24)11-21(13(2)23)17-5-3-4-15(19)10-17/h3-10H,11H2,1-2H3,(H,20,24). The molecule has 0 heterocycles. The summed E-state index contributed by atoms with van der Waals surface area (Å²) >= 11 is 0. The maximum Gasteiger partial charge on any atom is 0.244 e. The molecule has 0 aliphatic carbocycles. The number of halogens is 1. The number of Topliss-reactive ketones (excluding diaryl/α,β-unsaturated/α-hetero) is 1. The Labute approximate surface area is 139 Å². The summed E-state index contributed by atoms with van der Waals surface area (Å²) in [7, 11) is 0. The van der Waals surface area contributed by atoms with E-state index in [2.05, 4.69) is 5.32 Å². The molecule has 2 aromatic carbocycles. The van der Waals surface area contributed by atoms with Crippen molar-refractivity contribution in [2.24, 2.45) is 0 Å². The third kappa shape index (κ3) is 4.49. The van der Waals surface area contributed by atoms with Crippen LogP contribution in [0.3, 0.4) is 0 Å². The zero-order chi connectivity index (χ0) is 17.7. The van der Waals surface area contributed by atoms with Gasteiger partial charge in [-0.05, 0) is 49.4 Å². The van der Waals surface area contributed by atoms with Crippen molar-refractivity contribution in [3.8, 4) is 0 Å². The maximum atomic E-state index is 13.3. The molecule has 2 aromatic rings. The maximum absolute atomic E-state index is 13.3. The Kier molecular flexibility index (Phi) is 5.42. The van der Waals surface area contributed by atoms with Gasteiger partial charge in [-0.3, -0.25) is 14.4 Å². The van der Waals surface area contributed by atoms with Gasteiger partial charge in [0.2, 0.25) is 11.8 Å². The van der Waals surface area contributed by atoms with Crippen LogP contribution < -0.4 is 10.2 Å². The van der Waals surface area contributed by atoms with Crippen LogP contribution in [-0.2, 0) is 9.59 Å². The number of anilines is 2. The summed E-state index contributed by atoms with van der Waals surface area (Å²) < 4.78 is 13.3. The predicted molar refractivity (Wildman–Crippen MR) is 89.5 cm³/mol. The van der Waals surface area contributed by atoms with Gasteiger partial charge in [0.1, 0.15) is 12.4 Å². The predicted octanol–water partition coefficient (Wildman–Crippen LogP) is 3.02. The van der Waals surface area contributed by atoms with Crippen molar-refractivity contribution in [3.63, 3.8) is 0 Å². The Hall–Kier alpha value is -3.02. The topological polar surface area (TPSA) is 66.5 Å². The van der Waals surface area contributed by atoms with Crippen molar-refractivity contribution in [2.45, 2.75) is 13.8 Å². The van der Waals surface area contributed by atoms with E-state index in [4.69, 9.17) is 0 Å². The second-order valence-electron chi connectivity index (χ2n) is 5.27. The molecule has 1 N–H and O–H groups in total. The van der Waals surface area contributed by atoms with Crippen LogP contribution in [0.15, 0.2) is 48.5 Å². The molecule has 0 saturated carbocycles. The Bertz CT molecular complexity index is 772. The lowest BCUT2D eigenvalue weighted by Crippen LogP contribution is -2.36. The molecular formula is C18H17FN2O3. The highest BCUT2D eigenvalue weighted by Crippen LogP contribution is 2.16. The Balaban J connectivity index is 2.08. The summed E-state index contributed by atoms with van der Waals surface area (Å²) in [6.07, 6.45) is 0. The van der Waals surface area contributed by atoms with Crippen LogP contribution in [0.25, 0.3) is 0 Å². The van der Waals surface area contributed by atoms with Crippen LogP contribution in [0.2, 0.25) is 0 Å². The van der Waals surface area contributed by atoms with Gasteiger partial charge in [-0.15, -0.1) is 0 Å². The summed E-state index contributed by atoms with van der Waals surface area (Å²) in [6, 6.07) is 11.9. The van der Waals surface area contributed by atoms with Gasteiger partial charge >= 0.3 is 0 Å². The minimum absolute atomic E-state index is 0.0678. The van der Waals surface area contributed by atoms with Crippen LogP contribution in [-0.4, -0.2) is 24.1 Å². The molecule has 0 unspecified atom stereocenters. The van der Waals surface area contributed by atoms with Gasteiger partial charge in [-0.2, -0.15) is 0 Å². The third-order valence-electron chi connectivity index (χ3n) is 3.38. The summed E-state index contributed by atoms with van der Waals surface area (Å²) in [4.78, 5) is 36.3. The van der Waals surface area contributed by atoms with E-state index in [0.29, 0.717) is 16.9 Å². The normalized spacial score (nSPS) is 10.1. The first-order valence-electron chi connectivity index (χ1n) is 7.31. The molecule has 5 nitrogen and oxygen atoms in total. The van der Waals surface area contributed by atoms with Crippen molar-refractivity contribution >= 4 is 29.0 Å². The summed E-state index contributed by atoms with van der Waals surface area (Å²) in [6.45, 7) is 2.52. The Morgan fingerprint density at radius 3 is 2.25 bits per heavy atom. The average molecular weight is 328 g/mol. The molecule has 0 spiro atoms. The van der Waals surface area contributed by atoms with Crippen LogP contribution in [0, 0.1) is 5.82 Å². The number of benzene rings is 2. The fraction of sp³-hybridized carbons (Fsp3) is 0.167. The molecule has 0 bridgehead atoms. The monoisotopic (exact) mass is 328 g/mol. The quantitative estimate of drug-likeness (QED) is 0.858. The molecule has 0 atom stereocenters. The number of nitrogens with one attached hydrogen (secondary N) is 1. The molecule has 2 amide bonds. The van der Waals surface area contributed by atoms with Crippen molar-refractivity contribution in [1.82, 2.24) is 0 Å². The number of hydrogen-bond donors (Lipinski definition) is 1. The summed E-state index contributed by atoms with van der Waals surface area (Å²) in [5.74, 6) is -1.35. The van der Waals surface area contributed by atoms with Gasteiger partial charge in [-0.25, -0.2) is 4.39 Å².